The first-order chi connectivity index (χ1) is 13.2. The summed E-state index contributed by atoms with van der Waals surface area (Å²) < 4.78 is 41.2. The Balaban J connectivity index is 2.77. The van der Waals surface area contributed by atoms with Gasteiger partial charge in [0.05, 0.1) is 30.8 Å². The zero-order chi connectivity index (χ0) is 21.0. The molecule has 1 aromatic rings. The van der Waals surface area contributed by atoms with Gasteiger partial charge in [0, 0.05) is 21.4 Å². The van der Waals surface area contributed by atoms with Crippen molar-refractivity contribution in [2.24, 2.45) is 0 Å². The molecule has 2 rings (SSSR count). The largest absolute Gasteiger partial charge is 0.466 e. The van der Waals surface area contributed by atoms with Crippen molar-refractivity contribution < 1.29 is 32.6 Å². The number of methoxy groups -OCH3 is 1. The van der Waals surface area contributed by atoms with Gasteiger partial charge in [-0.25, -0.2) is 9.59 Å². The molecule has 0 bridgehead atoms. The summed E-state index contributed by atoms with van der Waals surface area (Å²) in [4.78, 5) is 25.2. The number of ether oxygens (including phenoxy) is 3. The molecule has 0 amide bonds. The molecule has 0 spiro atoms. The van der Waals surface area contributed by atoms with Gasteiger partial charge < -0.3 is 19.5 Å². The van der Waals surface area contributed by atoms with E-state index < -0.39 is 24.5 Å². The average Bonchev–Trinajstić information content (AvgIpc) is 2.61. The molecule has 1 heterocycles. The third-order valence-corrected chi connectivity index (χ3v) is 4.65. The lowest BCUT2D eigenvalue weighted by Gasteiger charge is -2.31. The Morgan fingerprint density at radius 2 is 1.79 bits per heavy atom. The summed E-state index contributed by atoms with van der Waals surface area (Å²) in [5, 5.41) is 2.97. The highest BCUT2D eigenvalue weighted by atomic mass is 79.9. The molecule has 9 heteroatoms. The van der Waals surface area contributed by atoms with E-state index in [2.05, 4.69) is 26.0 Å². The van der Waals surface area contributed by atoms with E-state index in [1.807, 2.05) is 0 Å². The number of dihydropyridines is 1. The lowest BCUT2D eigenvalue weighted by atomic mass is 9.80. The van der Waals surface area contributed by atoms with E-state index in [9.17, 15) is 18.4 Å². The Kier molecular flexibility index (Phi) is 7.17. The number of halogens is 3. The standard InChI is InChI=1S/C19H20BrF2NO5/c1-5-27-18(25)15-10(3)23-9(2)14(17(24)26-4)16(15)12-8-11(20)6-7-13(12)28-19(21)22/h6-8,16,19,23H,5H2,1-4H3. The third kappa shape index (κ3) is 4.52. The van der Waals surface area contributed by atoms with Crippen LogP contribution >= 0.6 is 15.9 Å². The number of esters is 2. The number of carbonyl (C=O) groups excluding carboxylic acids is 2. The topological polar surface area (TPSA) is 73.9 Å². The van der Waals surface area contributed by atoms with E-state index in [1.165, 1.54) is 25.3 Å². The number of rotatable bonds is 6. The van der Waals surface area contributed by atoms with Gasteiger partial charge in [-0.1, -0.05) is 15.9 Å². The number of nitrogens with one attached hydrogen (secondary N) is 1. The minimum Gasteiger partial charge on any atom is -0.466 e. The van der Waals surface area contributed by atoms with Crippen LogP contribution in [0.25, 0.3) is 0 Å². The number of allylic oxidation sites excluding steroid dienone is 2. The zero-order valence-electron chi connectivity index (χ0n) is 15.8. The summed E-state index contributed by atoms with van der Waals surface area (Å²) in [6.07, 6.45) is 0. The molecule has 1 unspecified atom stereocenters. The van der Waals surface area contributed by atoms with Gasteiger partial charge >= 0.3 is 18.6 Å². The molecule has 28 heavy (non-hydrogen) atoms. The van der Waals surface area contributed by atoms with Crippen molar-refractivity contribution in [3.05, 3.63) is 50.8 Å². The van der Waals surface area contributed by atoms with Crippen LogP contribution in [0.2, 0.25) is 0 Å². The summed E-state index contributed by atoms with van der Waals surface area (Å²) in [5.41, 5.74) is 1.30. The minimum absolute atomic E-state index is 0.105. The summed E-state index contributed by atoms with van der Waals surface area (Å²) >= 11 is 3.30. The first kappa shape index (κ1) is 21.9. The van der Waals surface area contributed by atoms with Crippen LogP contribution in [0.1, 0.15) is 32.3 Å². The van der Waals surface area contributed by atoms with Crippen LogP contribution < -0.4 is 10.1 Å². The highest BCUT2D eigenvalue weighted by Crippen LogP contribution is 2.44. The van der Waals surface area contributed by atoms with Gasteiger partial charge in [0.2, 0.25) is 0 Å². The summed E-state index contributed by atoms with van der Waals surface area (Å²) in [7, 11) is 1.20. The first-order valence-electron chi connectivity index (χ1n) is 8.39. The fourth-order valence-corrected chi connectivity index (χ4v) is 3.49. The van der Waals surface area contributed by atoms with Gasteiger partial charge in [-0.05, 0) is 39.0 Å². The van der Waals surface area contributed by atoms with E-state index in [4.69, 9.17) is 9.47 Å². The minimum atomic E-state index is -3.08. The second kappa shape index (κ2) is 9.18. The Bertz CT molecular complexity index is 851. The molecular formula is C19H20BrF2NO5. The van der Waals surface area contributed by atoms with Gasteiger partial charge in [-0.15, -0.1) is 0 Å². The van der Waals surface area contributed by atoms with Crippen molar-refractivity contribution in [1.82, 2.24) is 5.32 Å². The Hall–Kier alpha value is -2.42. The molecule has 1 aliphatic rings. The summed E-state index contributed by atoms with van der Waals surface area (Å²) in [6, 6.07) is 4.39. The number of hydrogen-bond acceptors (Lipinski definition) is 6. The number of hydrogen-bond donors (Lipinski definition) is 1. The molecule has 1 N–H and O–H groups in total. The van der Waals surface area contributed by atoms with Crippen molar-refractivity contribution in [2.75, 3.05) is 13.7 Å². The van der Waals surface area contributed by atoms with E-state index >= 15 is 0 Å². The van der Waals surface area contributed by atoms with E-state index in [0.717, 1.165) is 0 Å². The van der Waals surface area contributed by atoms with Crippen LogP contribution in [0.15, 0.2) is 45.2 Å². The first-order valence-corrected chi connectivity index (χ1v) is 9.18. The molecule has 0 saturated carbocycles. The van der Waals surface area contributed by atoms with Gasteiger partial charge in [-0.3, -0.25) is 0 Å². The molecule has 1 aliphatic heterocycles. The van der Waals surface area contributed by atoms with Gasteiger partial charge in [0.1, 0.15) is 5.75 Å². The molecule has 152 valence electrons. The fourth-order valence-electron chi connectivity index (χ4n) is 3.11. The number of alkyl halides is 2. The monoisotopic (exact) mass is 459 g/mol. The van der Waals surface area contributed by atoms with E-state index in [-0.39, 0.29) is 29.1 Å². The van der Waals surface area contributed by atoms with Crippen LogP contribution in [0.4, 0.5) is 8.78 Å². The van der Waals surface area contributed by atoms with Crippen LogP contribution in [0.5, 0.6) is 5.75 Å². The predicted octanol–water partition coefficient (Wildman–Crippen LogP) is 4.02. The lowest BCUT2D eigenvalue weighted by molar-refractivity contribution is -0.139. The maximum absolute atomic E-state index is 13.0. The maximum Gasteiger partial charge on any atom is 0.387 e. The van der Waals surface area contributed by atoms with Gasteiger partial charge in [0.25, 0.3) is 0 Å². The molecule has 6 nitrogen and oxygen atoms in total. The summed E-state index contributed by atoms with van der Waals surface area (Å²) in [5.74, 6) is -2.55. The quantitative estimate of drug-likeness (QED) is 0.647. The third-order valence-electron chi connectivity index (χ3n) is 4.16. The van der Waals surface area contributed by atoms with Crippen molar-refractivity contribution in [3.63, 3.8) is 0 Å². The molecule has 0 aromatic heterocycles. The Morgan fingerprint density at radius 3 is 2.32 bits per heavy atom. The molecule has 0 saturated heterocycles. The molecule has 1 aromatic carbocycles. The van der Waals surface area contributed by atoms with Crippen molar-refractivity contribution in [2.45, 2.75) is 33.3 Å². The van der Waals surface area contributed by atoms with Crippen molar-refractivity contribution in [3.8, 4) is 5.75 Å². The molecule has 0 radical (unpaired) electrons. The zero-order valence-corrected chi connectivity index (χ0v) is 17.4. The van der Waals surface area contributed by atoms with Crippen LogP contribution in [-0.2, 0) is 19.1 Å². The maximum atomic E-state index is 13.0. The SMILES string of the molecule is CCOC(=O)C1=C(C)NC(C)=C(C(=O)OC)C1c1cc(Br)ccc1OC(F)F. The molecule has 0 fully saturated rings. The van der Waals surface area contributed by atoms with Gasteiger partial charge in [0.15, 0.2) is 0 Å². The lowest BCUT2D eigenvalue weighted by Crippen LogP contribution is -2.32. The molecular weight excluding hydrogens is 440 g/mol. The average molecular weight is 460 g/mol. The normalized spacial score (nSPS) is 16.8. The molecule has 1 atom stereocenters. The van der Waals surface area contributed by atoms with Crippen LogP contribution in [0.3, 0.4) is 0 Å². The van der Waals surface area contributed by atoms with Gasteiger partial charge in [-0.2, -0.15) is 8.78 Å². The number of carbonyl (C=O) groups is 2. The van der Waals surface area contributed by atoms with E-state index in [0.29, 0.717) is 15.9 Å². The fraction of sp³-hybridized carbons (Fsp3) is 0.368. The second-order valence-corrected chi connectivity index (χ2v) is 6.82. The second-order valence-electron chi connectivity index (χ2n) is 5.91. The Labute approximate surface area is 169 Å². The number of benzene rings is 1. The highest BCUT2D eigenvalue weighted by molar-refractivity contribution is 9.10. The van der Waals surface area contributed by atoms with Crippen molar-refractivity contribution in [1.29, 1.82) is 0 Å². The Morgan fingerprint density at radius 1 is 1.18 bits per heavy atom. The highest BCUT2D eigenvalue weighted by Gasteiger charge is 2.39. The summed E-state index contributed by atoms with van der Waals surface area (Å²) in [6.45, 7) is 1.95. The van der Waals surface area contributed by atoms with Crippen LogP contribution in [-0.4, -0.2) is 32.3 Å². The smallest absolute Gasteiger partial charge is 0.387 e. The van der Waals surface area contributed by atoms with Crippen LogP contribution in [0, 0.1) is 0 Å². The molecule has 0 aliphatic carbocycles. The predicted molar refractivity (Wildman–Crippen MR) is 101 cm³/mol. The van der Waals surface area contributed by atoms with Crippen molar-refractivity contribution >= 4 is 27.9 Å². The van der Waals surface area contributed by atoms with E-state index in [1.54, 1.807) is 20.8 Å².